The van der Waals surface area contributed by atoms with Gasteiger partial charge in [-0.2, -0.15) is 0 Å². The quantitative estimate of drug-likeness (QED) is 0.343. The average molecular weight is 359 g/mol. The van der Waals surface area contributed by atoms with Gasteiger partial charge in [-0.3, -0.25) is 0 Å². The fourth-order valence-corrected chi connectivity index (χ4v) is 3.83. The van der Waals surface area contributed by atoms with E-state index < -0.39 is 0 Å². The highest BCUT2D eigenvalue weighted by Crippen LogP contribution is 2.31. The molecule has 0 amide bonds. The fraction of sp³-hybridized carbons (Fsp3) is 0.0909. The van der Waals surface area contributed by atoms with Crippen molar-refractivity contribution in [2.45, 2.75) is 13.8 Å². The number of ether oxygens (including phenoxy) is 1. The summed E-state index contributed by atoms with van der Waals surface area (Å²) < 4.78 is 6.64. The summed E-state index contributed by atoms with van der Waals surface area (Å²) >= 11 is 1.66. The minimum absolute atomic E-state index is 0.350. The Morgan fingerprint density at radius 2 is 1.69 bits per heavy atom. The SMILES string of the molecule is Cc1cccc(C(=O)Oc2ccc(-c3nc4ccc(C)cc4s3)cc2)c1. The predicted octanol–water partition coefficient (Wildman–Crippen LogP) is 5.80. The molecule has 0 aliphatic heterocycles. The van der Waals surface area contributed by atoms with Gasteiger partial charge in [0.2, 0.25) is 0 Å². The van der Waals surface area contributed by atoms with Gasteiger partial charge in [-0.05, 0) is 67.9 Å². The first-order valence-electron chi connectivity index (χ1n) is 8.35. The van der Waals surface area contributed by atoms with Crippen molar-refractivity contribution in [2.24, 2.45) is 0 Å². The maximum atomic E-state index is 12.2. The molecule has 4 heteroatoms. The lowest BCUT2D eigenvalue weighted by Gasteiger charge is -2.05. The van der Waals surface area contributed by atoms with E-state index in [1.165, 1.54) is 10.3 Å². The normalized spacial score (nSPS) is 10.8. The van der Waals surface area contributed by atoms with Crippen LogP contribution in [-0.4, -0.2) is 11.0 Å². The number of hydrogen-bond acceptors (Lipinski definition) is 4. The van der Waals surface area contributed by atoms with Gasteiger partial charge in [-0.1, -0.05) is 23.8 Å². The molecule has 0 saturated carbocycles. The zero-order chi connectivity index (χ0) is 18.1. The fourth-order valence-electron chi connectivity index (χ4n) is 2.76. The molecule has 0 atom stereocenters. The van der Waals surface area contributed by atoms with E-state index in [-0.39, 0.29) is 5.97 Å². The Morgan fingerprint density at radius 3 is 2.46 bits per heavy atom. The van der Waals surface area contributed by atoms with Gasteiger partial charge in [0.05, 0.1) is 15.8 Å². The Bertz CT molecular complexity index is 1100. The van der Waals surface area contributed by atoms with Crippen LogP contribution in [0.25, 0.3) is 20.8 Å². The number of aromatic nitrogens is 1. The Morgan fingerprint density at radius 1 is 0.923 bits per heavy atom. The number of carbonyl (C=O) groups is 1. The molecular formula is C22H17NO2S. The molecule has 1 aromatic heterocycles. The van der Waals surface area contributed by atoms with Crippen LogP contribution in [0, 0.1) is 13.8 Å². The topological polar surface area (TPSA) is 39.2 Å². The van der Waals surface area contributed by atoms with E-state index in [0.29, 0.717) is 11.3 Å². The van der Waals surface area contributed by atoms with Crippen molar-refractivity contribution in [1.82, 2.24) is 4.98 Å². The Kier molecular flexibility index (Phi) is 4.27. The number of thiazole rings is 1. The van der Waals surface area contributed by atoms with Crippen molar-refractivity contribution in [3.63, 3.8) is 0 Å². The van der Waals surface area contributed by atoms with Crippen molar-refractivity contribution < 1.29 is 9.53 Å². The lowest BCUT2D eigenvalue weighted by molar-refractivity contribution is 0.0734. The molecule has 4 aromatic rings. The highest BCUT2D eigenvalue weighted by molar-refractivity contribution is 7.21. The van der Waals surface area contributed by atoms with E-state index in [1.54, 1.807) is 29.5 Å². The lowest BCUT2D eigenvalue weighted by atomic mass is 10.1. The molecule has 0 unspecified atom stereocenters. The first-order chi connectivity index (χ1) is 12.6. The third-order valence-electron chi connectivity index (χ3n) is 4.11. The van der Waals surface area contributed by atoms with Crippen LogP contribution in [0.5, 0.6) is 5.75 Å². The molecule has 0 fully saturated rings. The van der Waals surface area contributed by atoms with Crippen LogP contribution < -0.4 is 4.74 Å². The number of hydrogen-bond donors (Lipinski definition) is 0. The molecule has 128 valence electrons. The van der Waals surface area contributed by atoms with Gasteiger partial charge in [-0.15, -0.1) is 11.3 Å². The molecule has 0 saturated heterocycles. The van der Waals surface area contributed by atoms with Crippen molar-refractivity contribution in [2.75, 3.05) is 0 Å². The van der Waals surface area contributed by atoms with Gasteiger partial charge in [-0.25, -0.2) is 9.78 Å². The second-order valence-electron chi connectivity index (χ2n) is 6.27. The summed E-state index contributed by atoms with van der Waals surface area (Å²) in [5.74, 6) is 0.175. The zero-order valence-electron chi connectivity index (χ0n) is 14.5. The molecule has 0 spiro atoms. The molecule has 4 rings (SSSR count). The molecular weight excluding hydrogens is 342 g/mol. The minimum Gasteiger partial charge on any atom is -0.423 e. The molecule has 3 nitrogen and oxygen atoms in total. The maximum Gasteiger partial charge on any atom is 0.343 e. The first kappa shape index (κ1) is 16.5. The number of benzene rings is 3. The molecule has 0 bridgehead atoms. The van der Waals surface area contributed by atoms with Crippen LogP contribution in [0.1, 0.15) is 21.5 Å². The second kappa shape index (κ2) is 6.73. The Hall–Kier alpha value is -2.98. The summed E-state index contributed by atoms with van der Waals surface area (Å²) in [5.41, 5.74) is 4.83. The van der Waals surface area contributed by atoms with E-state index in [2.05, 4.69) is 24.0 Å². The largest absolute Gasteiger partial charge is 0.423 e. The number of carbonyl (C=O) groups excluding carboxylic acids is 1. The summed E-state index contributed by atoms with van der Waals surface area (Å²) in [6.45, 7) is 4.03. The summed E-state index contributed by atoms with van der Waals surface area (Å²) in [7, 11) is 0. The van der Waals surface area contributed by atoms with E-state index in [9.17, 15) is 4.79 Å². The van der Waals surface area contributed by atoms with Crippen LogP contribution in [0.2, 0.25) is 0 Å². The molecule has 26 heavy (non-hydrogen) atoms. The number of rotatable bonds is 3. The van der Waals surface area contributed by atoms with Crippen molar-refractivity contribution in [1.29, 1.82) is 0 Å². The molecule has 0 radical (unpaired) electrons. The maximum absolute atomic E-state index is 12.2. The van der Waals surface area contributed by atoms with Crippen molar-refractivity contribution >= 4 is 27.5 Å². The highest BCUT2D eigenvalue weighted by atomic mass is 32.1. The number of nitrogens with zero attached hydrogens (tertiary/aromatic N) is 1. The molecule has 1 heterocycles. The lowest BCUT2D eigenvalue weighted by Crippen LogP contribution is -2.08. The Balaban J connectivity index is 1.55. The van der Waals surface area contributed by atoms with Crippen LogP contribution in [0.4, 0.5) is 0 Å². The third-order valence-corrected chi connectivity index (χ3v) is 5.18. The second-order valence-corrected chi connectivity index (χ2v) is 7.30. The monoisotopic (exact) mass is 359 g/mol. The predicted molar refractivity (Wildman–Crippen MR) is 106 cm³/mol. The number of aryl methyl sites for hydroxylation is 2. The number of esters is 1. The molecule has 0 aliphatic carbocycles. The first-order valence-corrected chi connectivity index (χ1v) is 9.17. The van der Waals surface area contributed by atoms with Crippen molar-refractivity contribution in [3.05, 3.63) is 83.4 Å². The molecule has 3 aromatic carbocycles. The van der Waals surface area contributed by atoms with Crippen molar-refractivity contribution in [3.8, 4) is 16.3 Å². The van der Waals surface area contributed by atoms with Crippen LogP contribution in [0.15, 0.2) is 66.7 Å². The van der Waals surface area contributed by atoms with Gasteiger partial charge < -0.3 is 4.74 Å². The zero-order valence-corrected chi connectivity index (χ0v) is 15.3. The van der Waals surface area contributed by atoms with Crippen LogP contribution in [0.3, 0.4) is 0 Å². The van der Waals surface area contributed by atoms with Crippen LogP contribution >= 0.6 is 11.3 Å². The summed E-state index contributed by atoms with van der Waals surface area (Å²) in [5, 5.41) is 0.960. The number of fused-ring (bicyclic) bond motifs is 1. The van der Waals surface area contributed by atoms with E-state index in [0.717, 1.165) is 21.7 Å². The minimum atomic E-state index is -0.350. The van der Waals surface area contributed by atoms with E-state index in [4.69, 9.17) is 4.74 Å². The smallest absolute Gasteiger partial charge is 0.343 e. The standard InChI is InChI=1S/C22H17NO2S/c1-14-4-3-5-17(12-14)22(24)25-18-9-7-16(8-10-18)21-23-19-11-6-15(2)13-20(19)26-21/h3-13H,1-2H3. The average Bonchev–Trinajstić information content (AvgIpc) is 3.05. The summed E-state index contributed by atoms with van der Waals surface area (Å²) in [6.07, 6.45) is 0. The Labute approximate surface area is 155 Å². The van der Waals surface area contributed by atoms with E-state index in [1.807, 2.05) is 43.3 Å². The van der Waals surface area contributed by atoms with Crippen LogP contribution in [-0.2, 0) is 0 Å². The van der Waals surface area contributed by atoms with Gasteiger partial charge in [0, 0.05) is 5.56 Å². The van der Waals surface area contributed by atoms with Gasteiger partial charge in [0.25, 0.3) is 0 Å². The molecule has 0 aliphatic rings. The third kappa shape index (κ3) is 3.37. The van der Waals surface area contributed by atoms with E-state index >= 15 is 0 Å². The molecule has 0 N–H and O–H groups in total. The van der Waals surface area contributed by atoms with Gasteiger partial charge >= 0.3 is 5.97 Å². The van der Waals surface area contributed by atoms with Gasteiger partial charge in [0.15, 0.2) is 0 Å². The highest BCUT2D eigenvalue weighted by Gasteiger charge is 2.10. The van der Waals surface area contributed by atoms with Gasteiger partial charge in [0.1, 0.15) is 10.8 Å². The summed E-state index contributed by atoms with van der Waals surface area (Å²) in [6, 6.07) is 21.1. The summed E-state index contributed by atoms with van der Waals surface area (Å²) in [4.78, 5) is 16.9.